The van der Waals surface area contributed by atoms with Gasteiger partial charge in [0, 0.05) is 13.1 Å². The van der Waals surface area contributed by atoms with Gasteiger partial charge in [-0.3, -0.25) is 4.79 Å². The van der Waals surface area contributed by atoms with Crippen molar-refractivity contribution in [2.75, 3.05) is 17.6 Å². The maximum atomic E-state index is 10.5. The van der Waals surface area contributed by atoms with E-state index in [1.54, 1.807) is 6.33 Å². The molecule has 2 aromatic rings. The number of aromatic nitrogens is 4. The molecule has 2 heterocycles. The fraction of sp³-hybridized carbons (Fsp3) is 0.400. The van der Waals surface area contributed by atoms with Gasteiger partial charge in [0.15, 0.2) is 17.0 Å². The van der Waals surface area contributed by atoms with Crippen molar-refractivity contribution in [3.8, 4) is 0 Å². The maximum Gasteiger partial charge on any atom is 0.305 e. The van der Waals surface area contributed by atoms with E-state index in [0.717, 1.165) is 6.54 Å². The quantitative estimate of drug-likeness (QED) is 0.698. The van der Waals surface area contributed by atoms with E-state index in [2.05, 4.69) is 20.3 Å². The summed E-state index contributed by atoms with van der Waals surface area (Å²) in [5.74, 6) is -0.277. The largest absolute Gasteiger partial charge is 0.481 e. The molecule has 0 atom stereocenters. The summed E-state index contributed by atoms with van der Waals surface area (Å²) >= 11 is 0. The first kappa shape index (κ1) is 12.1. The lowest BCUT2D eigenvalue weighted by molar-refractivity contribution is -0.136. The zero-order valence-electron chi connectivity index (χ0n) is 9.92. The molecule has 4 N–H and O–H groups in total. The Labute approximate surface area is 103 Å². The van der Waals surface area contributed by atoms with Gasteiger partial charge >= 0.3 is 5.97 Å². The van der Waals surface area contributed by atoms with Gasteiger partial charge in [-0.2, -0.15) is 9.97 Å². The van der Waals surface area contributed by atoms with Crippen LogP contribution >= 0.6 is 0 Å². The molecule has 0 radical (unpaired) electrons. The molecule has 18 heavy (non-hydrogen) atoms. The number of anilines is 2. The highest BCUT2D eigenvalue weighted by Gasteiger charge is 2.11. The third-order valence-corrected chi connectivity index (χ3v) is 2.45. The molecule has 0 saturated carbocycles. The molecular formula is C10H14N6O2. The number of nitrogens with one attached hydrogen (secondary N) is 1. The summed E-state index contributed by atoms with van der Waals surface area (Å²) in [6.07, 6.45) is 1.65. The van der Waals surface area contributed by atoms with Crippen molar-refractivity contribution in [1.82, 2.24) is 19.5 Å². The number of hydrogen-bond acceptors (Lipinski definition) is 6. The molecule has 0 spiro atoms. The van der Waals surface area contributed by atoms with Crippen LogP contribution in [0.2, 0.25) is 0 Å². The molecule has 0 aliphatic heterocycles. The van der Waals surface area contributed by atoms with E-state index in [1.165, 1.54) is 0 Å². The number of imidazole rings is 1. The number of carbonyl (C=O) groups is 1. The summed E-state index contributed by atoms with van der Waals surface area (Å²) in [5, 5.41) is 11.5. The molecule has 0 unspecified atom stereocenters. The van der Waals surface area contributed by atoms with E-state index in [9.17, 15) is 4.79 Å². The Morgan fingerprint density at radius 1 is 1.56 bits per heavy atom. The Hall–Kier alpha value is -2.38. The molecule has 0 aromatic carbocycles. The van der Waals surface area contributed by atoms with Crippen LogP contribution in [0.25, 0.3) is 11.2 Å². The maximum absolute atomic E-state index is 10.5. The highest BCUT2D eigenvalue weighted by molar-refractivity contribution is 5.84. The van der Waals surface area contributed by atoms with Crippen LogP contribution < -0.4 is 11.1 Å². The van der Waals surface area contributed by atoms with Gasteiger partial charge in [0.2, 0.25) is 5.95 Å². The number of hydrogen-bond donors (Lipinski definition) is 3. The fourth-order valence-electron chi connectivity index (χ4n) is 1.60. The molecule has 2 rings (SSSR count). The van der Waals surface area contributed by atoms with Crippen molar-refractivity contribution in [2.24, 2.45) is 0 Å². The average Bonchev–Trinajstić information content (AvgIpc) is 2.71. The van der Waals surface area contributed by atoms with Crippen molar-refractivity contribution < 1.29 is 9.90 Å². The number of aliphatic carboxylic acids is 1. The zero-order chi connectivity index (χ0) is 13.1. The van der Waals surface area contributed by atoms with Gasteiger partial charge in [-0.05, 0) is 6.92 Å². The van der Waals surface area contributed by atoms with Gasteiger partial charge in [-0.1, -0.05) is 0 Å². The summed E-state index contributed by atoms with van der Waals surface area (Å²) in [6.45, 7) is 2.96. The molecule has 0 amide bonds. The van der Waals surface area contributed by atoms with Gasteiger partial charge in [-0.25, -0.2) is 4.98 Å². The number of rotatable bonds is 5. The Morgan fingerprint density at radius 3 is 3.00 bits per heavy atom. The minimum absolute atomic E-state index is 0.000112. The summed E-state index contributed by atoms with van der Waals surface area (Å²) in [6, 6.07) is 0. The summed E-state index contributed by atoms with van der Waals surface area (Å²) in [7, 11) is 0. The van der Waals surface area contributed by atoms with E-state index < -0.39 is 5.97 Å². The van der Waals surface area contributed by atoms with Crippen LogP contribution in [0.4, 0.5) is 11.8 Å². The smallest absolute Gasteiger partial charge is 0.305 e. The number of aryl methyl sites for hydroxylation is 1. The lowest BCUT2D eigenvalue weighted by atomic mass is 10.4. The molecule has 0 fully saturated rings. The first-order valence-electron chi connectivity index (χ1n) is 5.55. The lowest BCUT2D eigenvalue weighted by Gasteiger charge is -2.06. The van der Waals surface area contributed by atoms with Crippen LogP contribution in [0.15, 0.2) is 6.33 Å². The highest BCUT2D eigenvalue weighted by Crippen LogP contribution is 2.19. The molecule has 0 aliphatic rings. The van der Waals surface area contributed by atoms with Gasteiger partial charge in [0.05, 0.1) is 12.7 Å². The van der Waals surface area contributed by atoms with E-state index in [1.807, 2.05) is 11.5 Å². The molecule has 0 aliphatic carbocycles. The van der Waals surface area contributed by atoms with E-state index in [4.69, 9.17) is 10.8 Å². The normalized spacial score (nSPS) is 10.7. The van der Waals surface area contributed by atoms with Crippen LogP contribution in [0.3, 0.4) is 0 Å². The predicted octanol–water partition coefficient (Wildman–Crippen LogP) is 0.315. The fourth-order valence-corrected chi connectivity index (χ4v) is 1.60. The van der Waals surface area contributed by atoms with Crippen molar-refractivity contribution in [1.29, 1.82) is 0 Å². The predicted molar refractivity (Wildman–Crippen MR) is 66.2 cm³/mol. The van der Waals surface area contributed by atoms with Gasteiger partial charge in [0.1, 0.15) is 0 Å². The van der Waals surface area contributed by atoms with E-state index >= 15 is 0 Å². The first-order valence-corrected chi connectivity index (χ1v) is 5.55. The molecule has 2 aromatic heterocycles. The second-order valence-corrected chi connectivity index (χ2v) is 3.70. The second kappa shape index (κ2) is 4.86. The van der Waals surface area contributed by atoms with Crippen molar-refractivity contribution >= 4 is 28.9 Å². The third kappa shape index (κ3) is 2.31. The van der Waals surface area contributed by atoms with Crippen molar-refractivity contribution in [3.05, 3.63) is 6.33 Å². The number of carboxylic acid groups (broad SMARTS) is 1. The standard InChI is InChI=1S/C10H14N6O2/c1-2-16-5-13-7-8(12-4-3-6(17)18)14-10(11)15-9(7)16/h5H,2-4H2,1H3,(H,17,18)(H3,11,12,14,15). The Morgan fingerprint density at radius 2 is 2.33 bits per heavy atom. The molecule has 8 heteroatoms. The van der Waals surface area contributed by atoms with Crippen LogP contribution in [-0.2, 0) is 11.3 Å². The summed E-state index contributed by atoms with van der Waals surface area (Å²) < 4.78 is 1.84. The second-order valence-electron chi connectivity index (χ2n) is 3.70. The molecule has 0 bridgehead atoms. The third-order valence-electron chi connectivity index (χ3n) is 2.45. The number of fused-ring (bicyclic) bond motifs is 1. The lowest BCUT2D eigenvalue weighted by Crippen LogP contribution is -2.10. The molecular weight excluding hydrogens is 236 g/mol. The monoisotopic (exact) mass is 250 g/mol. The zero-order valence-corrected chi connectivity index (χ0v) is 9.92. The van der Waals surface area contributed by atoms with Crippen LogP contribution in [0.1, 0.15) is 13.3 Å². The minimum atomic E-state index is -0.875. The Balaban J connectivity index is 2.31. The van der Waals surface area contributed by atoms with E-state index in [-0.39, 0.29) is 18.9 Å². The Kier molecular flexibility index (Phi) is 3.26. The number of nitrogens with zero attached hydrogens (tertiary/aromatic N) is 4. The van der Waals surface area contributed by atoms with Gasteiger partial charge in [-0.15, -0.1) is 0 Å². The van der Waals surface area contributed by atoms with Crippen molar-refractivity contribution in [2.45, 2.75) is 19.9 Å². The highest BCUT2D eigenvalue weighted by atomic mass is 16.4. The average molecular weight is 250 g/mol. The van der Waals surface area contributed by atoms with Gasteiger partial charge < -0.3 is 20.7 Å². The van der Waals surface area contributed by atoms with Crippen molar-refractivity contribution in [3.63, 3.8) is 0 Å². The molecule has 8 nitrogen and oxygen atoms in total. The first-order chi connectivity index (χ1) is 8.61. The number of carboxylic acids is 1. The topological polar surface area (TPSA) is 119 Å². The summed E-state index contributed by atoms with van der Waals surface area (Å²) in [5.41, 5.74) is 6.85. The number of nitrogens with two attached hydrogens (primary N) is 1. The van der Waals surface area contributed by atoms with E-state index in [0.29, 0.717) is 17.0 Å². The van der Waals surface area contributed by atoms with Gasteiger partial charge in [0.25, 0.3) is 0 Å². The minimum Gasteiger partial charge on any atom is -0.481 e. The molecule has 0 saturated heterocycles. The SMILES string of the molecule is CCn1cnc2c(NCCC(=O)O)nc(N)nc21. The Bertz CT molecular complexity index is 579. The summed E-state index contributed by atoms with van der Waals surface area (Å²) in [4.78, 5) is 22.8. The number of nitrogen functional groups attached to an aromatic ring is 1. The van der Waals surface area contributed by atoms with Crippen LogP contribution in [-0.4, -0.2) is 37.1 Å². The van der Waals surface area contributed by atoms with Crippen LogP contribution in [0, 0.1) is 0 Å². The molecule has 96 valence electrons. The van der Waals surface area contributed by atoms with Crippen LogP contribution in [0.5, 0.6) is 0 Å².